The van der Waals surface area contributed by atoms with E-state index < -0.39 is 24.2 Å². The predicted molar refractivity (Wildman–Crippen MR) is 69.6 cm³/mol. The molecule has 0 fully saturated rings. The maximum atomic E-state index is 12.3. The quantitative estimate of drug-likeness (QED) is 0.874. The second kappa shape index (κ2) is 5.83. The van der Waals surface area contributed by atoms with Gasteiger partial charge in [0.2, 0.25) is 0 Å². The van der Waals surface area contributed by atoms with Crippen LogP contribution < -0.4 is 5.32 Å². The van der Waals surface area contributed by atoms with Gasteiger partial charge in [-0.2, -0.15) is 13.2 Å². The van der Waals surface area contributed by atoms with E-state index in [9.17, 15) is 23.1 Å². The summed E-state index contributed by atoms with van der Waals surface area (Å²) in [5, 5.41) is 11.3. The molecule has 1 atom stereocenters. The van der Waals surface area contributed by atoms with Crippen molar-refractivity contribution in [3.05, 3.63) is 35.4 Å². The van der Waals surface area contributed by atoms with E-state index in [-0.39, 0.29) is 5.92 Å². The molecule has 0 aliphatic rings. The molecule has 0 saturated heterocycles. The second-order valence-corrected chi connectivity index (χ2v) is 5.18. The fourth-order valence-electron chi connectivity index (χ4n) is 1.78. The molecule has 0 aliphatic heterocycles. The van der Waals surface area contributed by atoms with Crippen LogP contribution in [-0.2, 0) is 10.3 Å². The molecule has 0 spiro atoms. The number of nitrogens with one attached hydrogen (secondary N) is 1. The van der Waals surface area contributed by atoms with Crippen LogP contribution in [0.5, 0.6) is 0 Å². The highest BCUT2D eigenvalue weighted by Crippen LogP contribution is 2.25. The number of aliphatic carboxylic acids is 1. The molecule has 0 heterocycles. The molecule has 3 nitrogen and oxygen atoms in total. The average molecular weight is 289 g/mol. The Labute approximate surface area is 115 Å². The molecule has 1 aromatic rings. The minimum Gasteiger partial charge on any atom is -0.480 e. The van der Waals surface area contributed by atoms with Gasteiger partial charge in [-0.25, -0.2) is 4.79 Å². The first kappa shape index (κ1) is 16.5. The summed E-state index contributed by atoms with van der Waals surface area (Å²) in [6.45, 7) is 3.83. The highest BCUT2D eigenvalue weighted by atomic mass is 19.4. The maximum Gasteiger partial charge on any atom is 0.401 e. The lowest BCUT2D eigenvalue weighted by Gasteiger charge is -2.27. The van der Waals surface area contributed by atoms with Gasteiger partial charge in [0.05, 0.1) is 6.54 Å². The molecule has 0 amide bonds. The highest BCUT2D eigenvalue weighted by Gasteiger charge is 2.39. The van der Waals surface area contributed by atoms with E-state index in [4.69, 9.17) is 0 Å². The minimum absolute atomic E-state index is 0.267. The van der Waals surface area contributed by atoms with Crippen LogP contribution in [0, 0.1) is 0 Å². The first-order valence-corrected chi connectivity index (χ1v) is 6.22. The summed E-state index contributed by atoms with van der Waals surface area (Å²) in [6, 6.07) is 6.56. The largest absolute Gasteiger partial charge is 0.480 e. The van der Waals surface area contributed by atoms with Gasteiger partial charge in [-0.05, 0) is 24.0 Å². The molecule has 1 rings (SSSR count). The second-order valence-electron chi connectivity index (χ2n) is 5.18. The van der Waals surface area contributed by atoms with Gasteiger partial charge < -0.3 is 5.11 Å². The molecule has 1 unspecified atom stereocenters. The Bertz CT molecular complexity index is 468. The van der Waals surface area contributed by atoms with Gasteiger partial charge in [-0.3, -0.25) is 5.32 Å². The van der Waals surface area contributed by atoms with Crippen molar-refractivity contribution in [2.75, 3.05) is 6.54 Å². The van der Waals surface area contributed by atoms with Crippen LogP contribution >= 0.6 is 0 Å². The van der Waals surface area contributed by atoms with E-state index in [0.29, 0.717) is 5.56 Å². The predicted octanol–water partition coefficient (Wildman–Crippen LogP) is 3.26. The van der Waals surface area contributed by atoms with E-state index >= 15 is 0 Å². The standard InChI is InChI=1S/C14H18F3NO2/c1-9(2)10-4-6-11(7-5-10)13(3,12(19)20)18-8-14(15,16)17/h4-7,9,18H,8H2,1-3H3,(H,19,20). The van der Waals surface area contributed by atoms with Crippen LogP contribution in [0.2, 0.25) is 0 Å². The third-order valence-corrected chi connectivity index (χ3v) is 3.22. The summed E-state index contributed by atoms with van der Waals surface area (Å²) in [5.74, 6) is -1.08. The third-order valence-electron chi connectivity index (χ3n) is 3.22. The van der Waals surface area contributed by atoms with Gasteiger partial charge in [0.1, 0.15) is 5.54 Å². The zero-order chi connectivity index (χ0) is 15.6. The van der Waals surface area contributed by atoms with Crippen molar-refractivity contribution in [2.45, 2.75) is 38.4 Å². The first-order valence-electron chi connectivity index (χ1n) is 6.22. The summed E-state index contributed by atoms with van der Waals surface area (Å²) in [7, 11) is 0. The molecular formula is C14H18F3NO2. The number of hydrogen-bond donors (Lipinski definition) is 2. The molecular weight excluding hydrogens is 271 g/mol. The Morgan fingerprint density at radius 2 is 1.75 bits per heavy atom. The molecule has 0 bridgehead atoms. The van der Waals surface area contributed by atoms with Crippen molar-refractivity contribution in [3.8, 4) is 0 Å². The number of carbonyl (C=O) groups is 1. The zero-order valence-corrected chi connectivity index (χ0v) is 11.6. The van der Waals surface area contributed by atoms with E-state index in [1.807, 2.05) is 13.8 Å². The first-order chi connectivity index (χ1) is 9.06. The Morgan fingerprint density at radius 3 is 2.10 bits per heavy atom. The van der Waals surface area contributed by atoms with Crippen LogP contribution in [0.15, 0.2) is 24.3 Å². The summed E-state index contributed by atoms with van der Waals surface area (Å²) < 4.78 is 36.8. The molecule has 0 radical (unpaired) electrons. The number of carboxylic acid groups (broad SMARTS) is 1. The van der Waals surface area contributed by atoms with Gasteiger partial charge in [0.15, 0.2) is 0 Å². The van der Waals surface area contributed by atoms with Gasteiger partial charge in [-0.15, -0.1) is 0 Å². The topological polar surface area (TPSA) is 49.3 Å². The van der Waals surface area contributed by atoms with Gasteiger partial charge in [0.25, 0.3) is 0 Å². The summed E-state index contributed by atoms with van der Waals surface area (Å²) >= 11 is 0. The van der Waals surface area contributed by atoms with Crippen molar-refractivity contribution < 1.29 is 23.1 Å². The van der Waals surface area contributed by atoms with Crippen LogP contribution in [0.1, 0.15) is 37.8 Å². The summed E-state index contributed by atoms with van der Waals surface area (Å²) in [5.41, 5.74) is -0.485. The maximum absolute atomic E-state index is 12.3. The van der Waals surface area contributed by atoms with Crippen LogP contribution in [0.4, 0.5) is 13.2 Å². The molecule has 0 saturated carbocycles. The normalized spacial score (nSPS) is 15.2. The van der Waals surface area contributed by atoms with E-state index in [2.05, 4.69) is 5.32 Å². The lowest BCUT2D eigenvalue weighted by molar-refractivity contribution is -0.150. The highest BCUT2D eigenvalue weighted by molar-refractivity contribution is 5.80. The molecule has 6 heteroatoms. The smallest absolute Gasteiger partial charge is 0.401 e. The van der Waals surface area contributed by atoms with Crippen molar-refractivity contribution in [3.63, 3.8) is 0 Å². The Kier molecular flexibility index (Phi) is 4.81. The van der Waals surface area contributed by atoms with E-state index in [1.54, 1.807) is 24.3 Å². The molecule has 0 aliphatic carbocycles. The van der Waals surface area contributed by atoms with Crippen LogP contribution in [-0.4, -0.2) is 23.8 Å². The lowest BCUT2D eigenvalue weighted by Crippen LogP contribution is -2.50. The number of alkyl halides is 3. The number of benzene rings is 1. The van der Waals surface area contributed by atoms with Crippen LogP contribution in [0.3, 0.4) is 0 Å². The van der Waals surface area contributed by atoms with Crippen molar-refractivity contribution in [1.29, 1.82) is 0 Å². The molecule has 1 aromatic carbocycles. The molecule has 112 valence electrons. The Balaban J connectivity index is 3.03. The fraction of sp³-hybridized carbons (Fsp3) is 0.500. The van der Waals surface area contributed by atoms with E-state index in [0.717, 1.165) is 5.56 Å². The zero-order valence-electron chi connectivity index (χ0n) is 11.6. The SMILES string of the molecule is CC(C)c1ccc(C(C)(NCC(F)(F)F)C(=O)O)cc1. The van der Waals surface area contributed by atoms with Gasteiger partial charge in [-0.1, -0.05) is 38.1 Å². The molecule has 0 aromatic heterocycles. The summed E-state index contributed by atoms with van der Waals surface area (Å²) in [4.78, 5) is 11.3. The van der Waals surface area contributed by atoms with E-state index in [1.165, 1.54) is 6.92 Å². The number of carboxylic acids is 1. The fourth-order valence-corrected chi connectivity index (χ4v) is 1.78. The molecule has 2 N–H and O–H groups in total. The van der Waals surface area contributed by atoms with Crippen molar-refractivity contribution in [2.24, 2.45) is 0 Å². The lowest BCUT2D eigenvalue weighted by atomic mass is 9.90. The van der Waals surface area contributed by atoms with Crippen molar-refractivity contribution >= 4 is 5.97 Å². The summed E-state index contributed by atoms with van der Waals surface area (Å²) in [6.07, 6.45) is -4.46. The minimum atomic E-state index is -4.46. The number of halogens is 3. The van der Waals surface area contributed by atoms with Crippen LogP contribution in [0.25, 0.3) is 0 Å². The Morgan fingerprint density at radius 1 is 1.25 bits per heavy atom. The third kappa shape index (κ3) is 3.96. The van der Waals surface area contributed by atoms with Crippen molar-refractivity contribution in [1.82, 2.24) is 5.32 Å². The van der Waals surface area contributed by atoms with Gasteiger partial charge >= 0.3 is 12.1 Å². The monoisotopic (exact) mass is 289 g/mol. The van der Waals surface area contributed by atoms with Gasteiger partial charge in [0, 0.05) is 0 Å². The average Bonchev–Trinajstić information content (AvgIpc) is 2.35. The molecule has 20 heavy (non-hydrogen) atoms. The Hall–Kier alpha value is -1.56. The number of hydrogen-bond acceptors (Lipinski definition) is 2. The number of rotatable bonds is 5.